The SMILES string of the molecule is CC1(C)[C@](C#N)(C=C(Cl)Cl)[C@]1(Cc1cccc(Oc2ccccc2)c1)C(=O)O. The summed E-state index contributed by atoms with van der Waals surface area (Å²) in [5, 5.41) is 19.9. The summed E-state index contributed by atoms with van der Waals surface area (Å²) in [4.78, 5) is 12.3. The van der Waals surface area contributed by atoms with Crippen LogP contribution < -0.4 is 4.74 Å². The second-order valence-electron chi connectivity index (χ2n) is 7.43. The molecule has 144 valence electrons. The predicted octanol–water partition coefficient (Wildman–Crippen LogP) is 5.96. The molecule has 0 unspecified atom stereocenters. The van der Waals surface area contributed by atoms with Crippen LogP contribution in [0, 0.1) is 27.6 Å². The van der Waals surface area contributed by atoms with Crippen molar-refractivity contribution in [2.24, 2.45) is 16.2 Å². The molecule has 0 aliphatic heterocycles. The molecule has 4 nitrogen and oxygen atoms in total. The summed E-state index contributed by atoms with van der Waals surface area (Å²) in [7, 11) is 0. The minimum absolute atomic E-state index is 0.112. The third-order valence-corrected chi connectivity index (χ3v) is 6.10. The normalized spacial score (nSPS) is 24.7. The van der Waals surface area contributed by atoms with Crippen molar-refractivity contribution < 1.29 is 14.6 Å². The van der Waals surface area contributed by atoms with Crippen molar-refractivity contribution in [2.75, 3.05) is 0 Å². The van der Waals surface area contributed by atoms with E-state index < -0.39 is 22.2 Å². The maximum Gasteiger partial charge on any atom is 0.312 e. The smallest absolute Gasteiger partial charge is 0.312 e. The molecule has 0 radical (unpaired) electrons. The zero-order valence-corrected chi connectivity index (χ0v) is 17.0. The molecule has 3 rings (SSSR count). The van der Waals surface area contributed by atoms with Gasteiger partial charge in [-0.1, -0.05) is 67.4 Å². The fourth-order valence-corrected chi connectivity index (χ4v) is 4.59. The number of nitrogens with zero attached hydrogens (tertiary/aromatic N) is 1. The van der Waals surface area contributed by atoms with E-state index in [0.29, 0.717) is 11.5 Å². The van der Waals surface area contributed by atoms with Crippen LogP contribution in [0.2, 0.25) is 0 Å². The lowest BCUT2D eigenvalue weighted by Gasteiger charge is -2.16. The van der Waals surface area contributed by atoms with Gasteiger partial charge < -0.3 is 9.84 Å². The molecule has 1 aliphatic carbocycles. The first-order valence-electron chi connectivity index (χ1n) is 8.70. The zero-order valence-electron chi connectivity index (χ0n) is 15.4. The average Bonchev–Trinajstić information content (AvgIpc) is 3.05. The van der Waals surface area contributed by atoms with Gasteiger partial charge in [-0.15, -0.1) is 0 Å². The fraction of sp³-hybridized carbons (Fsp3) is 0.273. The first kappa shape index (κ1) is 20.3. The summed E-state index contributed by atoms with van der Waals surface area (Å²) >= 11 is 11.6. The van der Waals surface area contributed by atoms with E-state index in [9.17, 15) is 15.2 Å². The van der Waals surface area contributed by atoms with Gasteiger partial charge >= 0.3 is 5.97 Å². The van der Waals surface area contributed by atoms with Crippen LogP contribution >= 0.6 is 23.2 Å². The van der Waals surface area contributed by atoms with Gasteiger partial charge in [-0.2, -0.15) is 5.26 Å². The van der Waals surface area contributed by atoms with E-state index >= 15 is 0 Å². The van der Waals surface area contributed by atoms with Gasteiger partial charge in [0.2, 0.25) is 0 Å². The highest BCUT2D eigenvalue weighted by atomic mass is 35.5. The zero-order chi connectivity index (χ0) is 20.6. The minimum Gasteiger partial charge on any atom is -0.481 e. The van der Waals surface area contributed by atoms with Crippen LogP contribution in [0.5, 0.6) is 11.5 Å². The number of hydrogen-bond acceptors (Lipinski definition) is 3. The number of para-hydroxylation sites is 1. The molecule has 2 aromatic carbocycles. The van der Waals surface area contributed by atoms with Crippen LogP contribution in [0.15, 0.2) is 65.2 Å². The number of aliphatic carboxylic acids is 1. The summed E-state index contributed by atoms with van der Waals surface area (Å²) in [6, 6.07) is 18.7. The van der Waals surface area contributed by atoms with Crippen molar-refractivity contribution in [3.05, 3.63) is 70.7 Å². The van der Waals surface area contributed by atoms with Crippen molar-refractivity contribution in [1.29, 1.82) is 5.26 Å². The van der Waals surface area contributed by atoms with E-state index in [4.69, 9.17) is 27.9 Å². The van der Waals surface area contributed by atoms with Gasteiger partial charge in [0.1, 0.15) is 26.8 Å². The van der Waals surface area contributed by atoms with Crippen molar-refractivity contribution in [1.82, 2.24) is 0 Å². The third kappa shape index (κ3) is 2.96. The molecule has 0 spiro atoms. The van der Waals surface area contributed by atoms with Gasteiger partial charge in [-0.05, 0) is 42.3 Å². The summed E-state index contributed by atoms with van der Waals surface area (Å²) in [6.07, 6.45) is 1.50. The molecule has 28 heavy (non-hydrogen) atoms. The number of rotatable bonds is 6. The standard InChI is InChI=1S/C22H19Cl2NO3/c1-20(2)21(14-25,13-18(23)24)22(20,19(26)27)12-15-7-6-10-17(11-15)28-16-8-4-3-5-9-16/h3-11,13H,12H2,1-2H3,(H,26,27)/t21-,22-/m1/s1. The quantitative estimate of drug-likeness (QED) is 0.631. The lowest BCUT2D eigenvalue weighted by molar-refractivity contribution is -0.145. The Morgan fingerprint density at radius 1 is 1.14 bits per heavy atom. The van der Waals surface area contributed by atoms with Gasteiger partial charge in [-0.25, -0.2) is 0 Å². The van der Waals surface area contributed by atoms with Crippen molar-refractivity contribution in [3.8, 4) is 17.6 Å². The van der Waals surface area contributed by atoms with Crippen molar-refractivity contribution >= 4 is 29.2 Å². The number of halogens is 2. The van der Waals surface area contributed by atoms with Crippen LogP contribution in [-0.4, -0.2) is 11.1 Å². The molecular weight excluding hydrogens is 397 g/mol. The second kappa shape index (κ2) is 7.16. The Labute approximate surface area is 174 Å². The number of allylic oxidation sites excluding steroid dienone is 1. The summed E-state index contributed by atoms with van der Waals surface area (Å²) < 4.78 is 5.73. The Hall–Kier alpha value is -2.48. The van der Waals surface area contributed by atoms with Crippen LogP contribution in [-0.2, 0) is 11.2 Å². The number of hydrogen-bond donors (Lipinski definition) is 1. The molecule has 1 N–H and O–H groups in total. The molecule has 1 fully saturated rings. The van der Waals surface area contributed by atoms with Crippen molar-refractivity contribution in [2.45, 2.75) is 20.3 Å². The molecule has 1 aliphatic rings. The minimum atomic E-state index is -1.35. The summed E-state index contributed by atoms with van der Waals surface area (Å²) in [5.74, 6) is 0.220. The fourth-order valence-electron chi connectivity index (χ4n) is 4.26. The third-order valence-electron chi connectivity index (χ3n) is 5.88. The monoisotopic (exact) mass is 415 g/mol. The number of carbonyl (C=O) groups is 1. The Bertz CT molecular complexity index is 977. The van der Waals surface area contributed by atoms with Gasteiger partial charge in [0.15, 0.2) is 0 Å². The van der Waals surface area contributed by atoms with Crippen LogP contribution in [0.3, 0.4) is 0 Å². The van der Waals surface area contributed by atoms with Gasteiger partial charge in [0.05, 0.1) is 6.07 Å². The molecule has 0 aromatic heterocycles. The Morgan fingerprint density at radius 2 is 1.79 bits per heavy atom. The largest absolute Gasteiger partial charge is 0.481 e. The first-order valence-corrected chi connectivity index (χ1v) is 9.46. The van der Waals surface area contributed by atoms with E-state index in [1.807, 2.05) is 36.4 Å². The van der Waals surface area contributed by atoms with Crippen LogP contribution in [0.1, 0.15) is 19.4 Å². The van der Waals surface area contributed by atoms with Gasteiger partial charge in [0.25, 0.3) is 0 Å². The van der Waals surface area contributed by atoms with Crippen LogP contribution in [0.25, 0.3) is 0 Å². The Balaban J connectivity index is 1.97. The first-order chi connectivity index (χ1) is 13.2. The molecule has 0 amide bonds. The molecule has 0 heterocycles. The molecular formula is C22H19Cl2NO3. The number of nitriles is 1. The van der Waals surface area contributed by atoms with Gasteiger partial charge in [0, 0.05) is 5.41 Å². The number of ether oxygens (including phenoxy) is 1. The van der Waals surface area contributed by atoms with E-state index in [2.05, 4.69) is 6.07 Å². The Morgan fingerprint density at radius 3 is 2.36 bits per heavy atom. The molecule has 6 heteroatoms. The molecule has 2 aromatic rings. The number of benzene rings is 2. The highest BCUT2D eigenvalue weighted by Crippen LogP contribution is 2.80. The van der Waals surface area contributed by atoms with Crippen LogP contribution in [0.4, 0.5) is 0 Å². The van der Waals surface area contributed by atoms with E-state index in [1.54, 1.807) is 32.0 Å². The number of carboxylic acid groups (broad SMARTS) is 1. The van der Waals surface area contributed by atoms with E-state index in [-0.39, 0.29) is 10.9 Å². The topological polar surface area (TPSA) is 70.3 Å². The van der Waals surface area contributed by atoms with E-state index in [1.165, 1.54) is 6.08 Å². The Kier molecular flexibility index (Phi) is 5.18. The molecule has 2 atom stereocenters. The maximum atomic E-state index is 12.3. The second-order valence-corrected chi connectivity index (χ2v) is 8.44. The molecule has 0 saturated heterocycles. The summed E-state index contributed by atoms with van der Waals surface area (Å²) in [6.45, 7) is 3.50. The highest BCUT2D eigenvalue weighted by Gasteiger charge is 2.86. The average molecular weight is 416 g/mol. The lowest BCUT2D eigenvalue weighted by atomic mass is 9.86. The van der Waals surface area contributed by atoms with Crippen molar-refractivity contribution in [3.63, 3.8) is 0 Å². The highest BCUT2D eigenvalue weighted by molar-refractivity contribution is 6.56. The maximum absolute atomic E-state index is 12.3. The lowest BCUT2D eigenvalue weighted by Crippen LogP contribution is -2.26. The summed E-state index contributed by atoms with van der Waals surface area (Å²) in [5.41, 5.74) is -2.76. The van der Waals surface area contributed by atoms with E-state index in [0.717, 1.165) is 5.56 Å². The number of carboxylic acids is 1. The van der Waals surface area contributed by atoms with Gasteiger partial charge in [-0.3, -0.25) is 4.79 Å². The predicted molar refractivity (Wildman–Crippen MR) is 108 cm³/mol. The molecule has 1 saturated carbocycles. The molecule has 0 bridgehead atoms.